The summed E-state index contributed by atoms with van der Waals surface area (Å²) in [7, 11) is 0. The number of esters is 1. The first-order chi connectivity index (χ1) is 18.1. The summed E-state index contributed by atoms with van der Waals surface area (Å²) >= 11 is 0. The molecule has 5 atom stereocenters. The number of aromatic nitrogens is 2. The maximum atomic E-state index is 13.8. The Morgan fingerprint density at radius 2 is 1.62 bits per heavy atom. The van der Waals surface area contributed by atoms with Gasteiger partial charge in [0.2, 0.25) is 0 Å². The Kier molecular flexibility index (Phi) is 7.38. The molecule has 0 N–H and O–H groups in total. The smallest absolute Gasteiger partial charge is 0.305 e. The number of para-hydroxylation sites is 2. The van der Waals surface area contributed by atoms with Crippen molar-refractivity contribution in [2.24, 2.45) is 11.8 Å². The average molecular weight is 506 g/mol. The highest BCUT2D eigenvalue weighted by Crippen LogP contribution is 2.47. The van der Waals surface area contributed by atoms with Gasteiger partial charge in [-0.3, -0.25) is 14.5 Å². The second-order valence-electron chi connectivity index (χ2n) is 12.2. The molecule has 2 saturated heterocycles. The van der Waals surface area contributed by atoms with Gasteiger partial charge < -0.3 is 9.30 Å². The number of carbonyl (C=O) groups excluding carboxylic acids is 1. The first-order valence-corrected chi connectivity index (χ1v) is 15.0. The average Bonchev–Trinajstić information content (AvgIpc) is 3.04. The van der Waals surface area contributed by atoms with Crippen molar-refractivity contribution in [1.82, 2.24) is 14.5 Å². The van der Waals surface area contributed by atoms with Crippen molar-refractivity contribution in [1.29, 1.82) is 0 Å². The molecule has 2 aliphatic heterocycles. The van der Waals surface area contributed by atoms with E-state index in [0.717, 1.165) is 41.8 Å². The number of hydrogen-bond acceptors (Lipinski definition) is 5. The molecule has 37 heavy (non-hydrogen) atoms. The Bertz CT molecular complexity index is 1150. The van der Waals surface area contributed by atoms with Crippen LogP contribution in [0.15, 0.2) is 29.1 Å². The Labute approximate surface area is 220 Å². The van der Waals surface area contributed by atoms with Crippen molar-refractivity contribution >= 4 is 17.0 Å². The summed E-state index contributed by atoms with van der Waals surface area (Å²) in [6, 6.07) is 10.3. The SMILES string of the molecule is CCOC(=O)CCCc1nc2ccccc2n([C@H]2C[C@H]3CC[C@@H](C2)N3C2CC3CCCCC(C3)C2)c1=O. The van der Waals surface area contributed by atoms with Crippen LogP contribution in [0.4, 0.5) is 0 Å². The number of hydrogen-bond donors (Lipinski definition) is 0. The van der Waals surface area contributed by atoms with Crippen LogP contribution in [0.2, 0.25) is 0 Å². The summed E-state index contributed by atoms with van der Waals surface area (Å²) in [5.74, 6) is 1.68. The Morgan fingerprint density at radius 1 is 0.919 bits per heavy atom. The van der Waals surface area contributed by atoms with Gasteiger partial charge in [0.15, 0.2) is 0 Å². The zero-order valence-electron chi connectivity index (χ0n) is 22.4. The fraction of sp³-hybridized carbons (Fsp3) is 0.710. The van der Waals surface area contributed by atoms with Crippen LogP contribution in [-0.2, 0) is 16.0 Å². The number of carbonyl (C=O) groups is 1. The second kappa shape index (κ2) is 10.9. The van der Waals surface area contributed by atoms with E-state index in [4.69, 9.17) is 9.72 Å². The van der Waals surface area contributed by atoms with Crippen LogP contribution >= 0.6 is 0 Å². The summed E-state index contributed by atoms with van der Waals surface area (Å²) in [6.07, 6.45) is 16.1. The molecule has 6 heteroatoms. The molecule has 0 amide bonds. The van der Waals surface area contributed by atoms with E-state index in [-0.39, 0.29) is 17.6 Å². The maximum Gasteiger partial charge on any atom is 0.305 e. The van der Waals surface area contributed by atoms with Crippen molar-refractivity contribution in [3.63, 3.8) is 0 Å². The molecule has 0 spiro atoms. The fourth-order valence-corrected chi connectivity index (χ4v) is 8.46. The van der Waals surface area contributed by atoms with E-state index in [2.05, 4.69) is 15.5 Å². The molecule has 6 rings (SSSR count). The number of ether oxygens (including phenoxy) is 1. The lowest BCUT2D eigenvalue weighted by Crippen LogP contribution is -2.52. The highest BCUT2D eigenvalue weighted by atomic mass is 16.5. The summed E-state index contributed by atoms with van der Waals surface area (Å²) in [4.78, 5) is 33.4. The zero-order valence-corrected chi connectivity index (χ0v) is 22.4. The van der Waals surface area contributed by atoms with Crippen LogP contribution in [0.25, 0.3) is 11.0 Å². The van der Waals surface area contributed by atoms with Gasteiger partial charge in [0.05, 0.1) is 17.6 Å². The normalized spacial score (nSPS) is 31.8. The van der Waals surface area contributed by atoms with Gasteiger partial charge in [-0.1, -0.05) is 37.8 Å². The number of piperidine rings is 1. The Balaban J connectivity index is 1.23. The van der Waals surface area contributed by atoms with E-state index < -0.39 is 0 Å². The molecular formula is C31H43N3O3. The lowest BCUT2D eigenvalue weighted by Gasteiger charge is -2.48. The number of benzene rings is 1. The summed E-state index contributed by atoms with van der Waals surface area (Å²) in [5, 5.41) is 0. The van der Waals surface area contributed by atoms with Crippen molar-refractivity contribution in [3.05, 3.63) is 40.3 Å². The van der Waals surface area contributed by atoms with Crippen LogP contribution in [0, 0.1) is 11.8 Å². The predicted octanol–water partition coefficient (Wildman–Crippen LogP) is 5.81. The summed E-state index contributed by atoms with van der Waals surface area (Å²) < 4.78 is 7.16. The minimum atomic E-state index is -0.199. The minimum Gasteiger partial charge on any atom is -0.466 e. The first kappa shape index (κ1) is 25.1. The summed E-state index contributed by atoms with van der Waals surface area (Å²) in [5.41, 5.74) is 2.49. The van der Waals surface area contributed by atoms with E-state index in [1.165, 1.54) is 57.8 Å². The van der Waals surface area contributed by atoms with Crippen LogP contribution < -0.4 is 5.56 Å². The molecule has 3 heterocycles. The van der Waals surface area contributed by atoms with Crippen molar-refractivity contribution < 1.29 is 9.53 Å². The molecule has 6 nitrogen and oxygen atoms in total. The van der Waals surface area contributed by atoms with Gasteiger partial charge in [-0.2, -0.15) is 0 Å². The van der Waals surface area contributed by atoms with Gasteiger partial charge in [0.1, 0.15) is 5.69 Å². The molecule has 2 aromatic rings. The van der Waals surface area contributed by atoms with Crippen LogP contribution in [0.5, 0.6) is 0 Å². The summed E-state index contributed by atoms with van der Waals surface area (Å²) in [6.45, 7) is 2.21. The van der Waals surface area contributed by atoms with Gasteiger partial charge in [0, 0.05) is 30.6 Å². The minimum absolute atomic E-state index is 0.0455. The van der Waals surface area contributed by atoms with E-state index in [9.17, 15) is 9.59 Å². The molecule has 1 aromatic carbocycles. The third kappa shape index (κ3) is 5.10. The number of fused-ring (bicyclic) bond motifs is 5. The quantitative estimate of drug-likeness (QED) is 0.445. The monoisotopic (exact) mass is 505 g/mol. The standard InChI is InChI=1S/C31H43N3O3/c1-2-37-30(35)13-7-11-28-31(36)34(29-12-6-5-10-27(29)32-28)26-19-23-14-15-24(20-26)33(23)25-17-21-8-3-4-9-22(16-21)18-25/h5-6,10,12,21-26H,2-4,7-9,11,13-20H2,1H3/t21?,22?,23-,24+,25?,26+. The fourth-order valence-electron chi connectivity index (χ4n) is 8.46. The third-order valence-electron chi connectivity index (χ3n) is 9.87. The van der Waals surface area contributed by atoms with Gasteiger partial charge in [0.25, 0.3) is 5.56 Å². The molecule has 0 radical (unpaired) electrons. The van der Waals surface area contributed by atoms with Gasteiger partial charge in [-0.25, -0.2) is 4.98 Å². The first-order valence-electron chi connectivity index (χ1n) is 15.0. The molecule has 2 saturated carbocycles. The molecule has 4 aliphatic rings. The van der Waals surface area contributed by atoms with E-state index in [1.54, 1.807) is 0 Å². The third-order valence-corrected chi connectivity index (χ3v) is 9.87. The lowest BCUT2D eigenvalue weighted by molar-refractivity contribution is -0.143. The molecular weight excluding hydrogens is 462 g/mol. The molecule has 1 aromatic heterocycles. The van der Waals surface area contributed by atoms with E-state index in [0.29, 0.717) is 43.6 Å². The number of nitrogens with zero attached hydrogens (tertiary/aromatic N) is 3. The van der Waals surface area contributed by atoms with Crippen LogP contribution in [0.3, 0.4) is 0 Å². The van der Waals surface area contributed by atoms with Crippen molar-refractivity contribution in [2.45, 2.75) is 121 Å². The van der Waals surface area contributed by atoms with Gasteiger partial charge in [-0.05, 0) is 88.7 Å². The molecule has 4 fully saturated rings. The zero-order chi connectivity index (χ0) is 25.4. The Morgan fingerprint density at radius 3 is 2.32 bits per heavy atom. The number of rotatable bonds is 7. The molecule has 4 bridgehead atoms. The Hall–Kier alpha value is -2.21. The molecule has 2 unspecified atom stereocenters. The van der Waals surface area contributed by atoms with Gasteiger partial charge in [-0.15, -0.1) is 0 Å². The molecule has 2 aliphatic carbocycles. The number of aryl methyl sites for hydroxylation is 1. The maximum absolute atomic E-state index is 13.8. The predicted molar refractivity (Wildman–Crippen MR) is 146 cm³/mol. The van der Waals surface area contributed by atoms with Crippen molar-refractivity contribution in [2.75, 3.05) is 6.61 Å². The van der Waals surface area contributed by atoms with Crippen molar-refractivity contribution in [3.8, 4) is 0 Å². The van der Waals surface area contributed by atoms with Crippen LogP contribution in [-0.4, -0.2) is 45.2 Å². The topological polar surface area (TPSA) is 64.4 Å². The van der Waals surface area contributed by atoms with E-state index >= 15 is 0 Å². The second-order valence-corrected chi connectivity index (χ2v) is 12.2. The largest absolute Gasteiger partial charge is 0.466 e. The highest BCUT2D eigenvalue weighted by molar-refractivity contribution is 5.75. The van der Waals surface area contributed by atoms with Crippen LogP contribution in [0.1, 0.15) is 102 Å². The highest BCUT2D eigenvalue weighted by Gasteiger charge is 2.46. The van der Waals surface area contributed by atoms with E-state index in [1.807, 2.05) is 25.1 Å². The lowest BCUT2D eigenvalue weighted by atomic mass is 9.76. The van der Waals surface area contributed by atoms with Gasteiger partial charge >= 0.3 is 5.97 Å². The molecule has 200 valence electrons.